The number of hydrogen-bond acceptors (Lipinski definition) is 2. The molecule has 0 aliphatic heterocycles. The van der Waals surface area contributed by atoms with Gasteiger partial charge in [-0.3, -0.25) is 0 Å². The van der Waals surface area contributed by atoms with E-state index in [1.807, 2.05) is 47.3 Å². The molecule has 2 rings (SSSR count). The molecular weight excluding hydrogens is 222 g/mol. The highest BCUT2D eigenvalue weighted by Crippen LogP contribution is 2.28. The van der Waals surface area contributed by atoms with Crippen LogP contribution in [0.3, 0.4) is 0 Å². The Balaban J connectivity index is 2.28. The minimum Gasteiger partial charge on any atom is -0.323 e. The molecule has 0 bridgehead atoms. The summed E-state index contributed by atoms with van der Waals surface area (Å²) < 4.78 is 1.93. The maximum Gasteiger partial charge on any atom is 0.0649 e. The van der Waals surface area contributed by atoms with Crippen LogP contribution in [0.4, 0.5) is 0 Å². The molecule has 2 N–H and O–H groups in total. The maximum atomic E-state index is 6.30. The summed E-state index contributed by atoms with van der Waals surface area (Å²) in [5.74, 6) is 0. The number of para-hydroxylation sites is 1. The first-order valence-electron chi connectivity index (χ1n) is 6.32. The first-order valence-corrected chi connectivity index (χ1v) is 6.32. The van der Waals surface area contributed by atoms with Crippen molar-refractivity contribution in [1.82, 2.24) is 9.78 Å². The second-order valence-electron chi connectivity index (χ2n) is 5.87. The second-order valence-corrected chi connectivity index (χ2v) is 5.87. The molecule has 1 heterocycles. The Bertz CT molecular complexity index is 494. The monoisotopic (exact) mass is 243 g/mol. The lowest BCUT2D eigenvalue weighted by Gasteiger charge is -2.23. The number of benzene rings is 1. The Kier molecular flexibility index (Phi) is 3.53. The summed E-state index contributed by atoms with van der Waals surface area (Å²) in [6.07, 6.45) is 2.75. The SMILES string of the molecule is CC(C)(C)CC(N)c1ccnn1-c1ccccc1. The Labute approximate surface area is 109 Å². The van der Waals surface area contributed by atoms with E-state index >= 15 is 0 Å². The third-order valence-corrected chi connectivity index (χ3v) is 2.88. The number of aromatic nitrogens is 2. The first kappa shape index (κ1) is 12.8. The number of rotatable bonds is 3. The molecule has 18 heavy (non-hydrogen) atoms. The maximum absolute atomic E-state index is 6.30. The van der Waals surface area contributed by atoms with Crippen molar-refractivity contribution in [2.45, 2.75) is 33.2 Å². The van der Waals surface area contributed by atoms with Gasteiger partial charge in [-0.05, 0) is 30.0 Å². The molecule has 0 saturated carbocycles. The zero-order valence-electron chi connectivity index (χ0n) is 11.3. The van der Waals surface area contributed by atoms with E-state index in [0.29, 0.717) is 0 Å². The Morgan fingerprint density at radius 3 is 2.44 bits per heavy atom. The third-order valence-electron chi connectivity index (χ3n) is 2.88. The molecule has 0 spiro atoms. The normalized spacial score (nSPS) is 13.6. The van der Waals surface area contributed by atoms with E-state index in [1.54, 1.807) is 0 Å². The molecule has 0 fully saturated rings. The van der Waals surface area contributed by atoms with Gasteiger partial charge in [-0.1, -0.05) is 39.0 Å². The first-order chi connectivity index (χ1) is 8.47. The van der Waals surface area contributed by atoms with Crippen molar-refractivity contribution in [3.63, 3.8) is 0 Å². The Morgan fingerprint density at radius 1 is 1.17 bits per heavy atom. The Hall–Kier alpha value is -1.61. The van der Waals surface area contributed by atoms with Crippen molar-refractivity contribution in [3.05, 3.63) is 48.3 Å². The predicted octanol–water partition coefficient (Wildman–Crippen LogP) is 3.31. The van der Waals surface area contributed by atoms with Crippen LogP contribution < -0.4 is 5.73 Å². The van der Waals surface area contributed by atoms with Gasteiger partial charge in [0.15, 0.2) is 0 Å². The number of nitrogens with two attached hydrogens (primary N) is 1. The van der Waals surface area contributed by atoms with Crippen molar-refractivity contribution in [2.24, 2.45) is 11.1 Å². The van der Waals surface area contributed by atoms with Crippen LogP contribution >= 0.6 is 0 Å². The van der Waals surface area contributed by atoms with Gasteiger partial charge < -0.3 is 5.73 Å². The summed E-state index contributed by atoms with van der Waals surface area (Å²) in [4.78, 5) is 0. The molecule has 0 aliphatic carbocycles. The van der Waals surface area contributed by atoms with Crippen LogP contribution in [0.5, 0.6) is 0 Å². The van der Waals surface area contributed by atoms with Gasteiger partial charge in [-0.2, -0.15) is 5.10 Å². The molecule has 0 amide bonds. The van der Waals surface area contributed by atoms with E-state index in [1.165, 1.54) is 0 Å². The van der Waals surface area contributed by atoms with E-state index in [4.69, 9.17) is 5.73 Å². The molecule has 0 saturated heterocycles. The summed E-state index contributed by atoms with van der Waals surface area (Å²) in [7, 11) is 0. The molecule has 1 aromatic heterocycles. The summed E-state index contributed by atoms with van der Waals surface area (Å²) in [6.45, 7) is 6.61. The van der Waals surface area contributed by atoms with Crippen molar-refractivity contribution in [1.29, 1.82) is 0 Å². The van der Waals surface area contributed by atoms with Gasteiger partial charge in [0.1, 0.15) is 0 Å². The minimum absolute atomic E-state index is 0.00714. The average Bonchev–Trinajstić information content (AvgIpc) is 2.76. The molecule has 3 heteroatoms. The van der Waals surface area contributed by atoms with Gasteiger partial charge in [-0.15, -0.1) is 0 Å². The molecule has 1 atom stereocenters. The van der Waals surface area contributed by atoms with E-state index in [-0.39, 0.29) is 11.5 Å². The zero-order chi connectivity index (χ0) is 13.2. The molecule has 3 nitrogen and oxygen atoms in total. The van der Waals surface area contributed by atoms with Crippen LogP contribution in [0, 0.1) is 5.41 Å². The third kappa shape index (κ3) is 2.99. The Morgan fingerprint density at radius 2 is 1.83 bits per heavy atom. The number of hydrogen-bond donors (Lipinski definition) is 1. The lowest BCUT2D eigenvalue weighted by molar-refractivity contribution is 0.337. The standard InChI is InChI=1S/C15H21N3/c1-15(2,3)11-13(16)14-9-10-17-18(14)12-7-5-4-6-8-12/h4-10,13H,11,16H2,1-3H3. The highest BCUT2D eigenvalue weighted by Gasteiger charge is 2.20. The highest BCUT2D eigenvalue weighted by atomic mass is 15.3. The quantitative estimate of drug-likeness (QED) is 0.898. The van der Waals surface area contributed by atoms with Gasteiger partial charge in [0, 0.05) is 12.2 Å². The highest BCUT2D eigenvalue weighted by molar-refractivity contribution is 5.33. The van der Waals surface area contributed by atoms with Gasteiger partial charge in [0.05, 0.1) is 11.4 Å². The summed E-state index contributed by atoms with van der Waals surface area (Å²) in [6, 6.07) is 12.1. The smallest absolute Gasteiger partial charge is 0.0649 e. The van der Waals surface area contributed by atoms with Crippen LogP contribution in [0.1, 0.15) is 38.9 Å². The number of nitrogens with zero attached hydrogens (tertiary/aromatic N) is 2. The zero-order valence-corrected chi connectivity index (χ0v) is 11.3. The summed E-state index contributed by atoms with van der Waals surface area (Å²) in [5, 5.41) is 4.37. The fraction of sp³-hybridized carbons (Fsp3) is 0.400. The van der Waals surface area contributed by atoms with E-state index in [9.17, 15) is 0 Å². The van der Waals surface area contributed by atoms with E-state index in [0.717, 1.165) is 17.8 Å². The van der Waals surface area contributed by atoms with E-state index < -0.39 is 0 Å². The van der Waals surface area contributed by atoms with Crippen molar-refractivity contribution in [3.8, 4) is 5.69 Å². The van der Waals surface area contributed by atoms with Crippen LogP contribution in [0.2, 0.25) is 0 Å². The molecule has 0 aliphatic rings. The largest absolute Gasteiger partial charge is 0.323 e. The van der Waals surface area contributed by atoms with Crippen LogP contribution in [0.25, 0.3) is 5.69 Å². The van der Waals surface area contributed by atoms with Crippen LogP contribution in [0.15, 0.2) is 42.6 Å². The molecule has 0 radical (unpaired) electrons. The fourth-order valence-corrected chi connectivity index (χ4v) is 2.14. The minimum atomic E-state index is 0.00714. The van der Waals surface area contributed by atoms with Crippen molar-refractivity contribution < 1.29 is 0 Å². The lowest BCUT2D eigenvalue weighted by atomic mass is 9.87. The average molecular weight is 243 g/mol. The van der Waals surface area contributed by atoms with Gasteiger partial charge in [0.25, 0.3) is 0 Å². The molecular formula is C15H21N3. The van der Waals surface area contributed by atoms with Gasteiger partial charge >= 0.3 is 0 Å². The van der Waals surface area contributed by atoms with Crippen LogP contribution in [-0.2, 0) is 0 Å². The van der Waals surface area contributed by atoms with Crippen LogP contribution in [-0.4, -0.2) is 9.78 Å². The van der Waals surface area contributed by atoms with Gasteiger partial charge in [0.2, 0.25) is 0 Å². The lowest BCUT2D eigenvalue weighted by Crippen LogP contribution is -2.21. The molecule has 2 aromatic rings. The second kappa shape index (κ2) is 4.94. The molecule has 1 unspecified atom stereocenters. The summed E-state index contributed by atoms with van der Waals surface area (Å²) in [5.41, 5.74) is 8.64. The topological polar surface area (TPSA) is 43.8 Å². The van der Waals surface area contributed by atoms with Gasteiger partial charge in [-0.25, -0.2) is 4.68 Å². The summed E-state index contributed by atoms with van der Waals surface area (Å²) >= 11 is 0. The van der Waals surface area contributed by atoms with Crippen molar-refractivity contribution in [2.75, 3.05) is 0 Å². The predicted molar refractivity (Wildman–Crippen MR) is 74.6 cm³/mol. The fourth-order valence-electron chi connectivity index (χ4n) is 2.14. The molecule has 1 aromatic carbocycles. The van der Waals surface area contributed by atoms with E-state index in [2.05, 4.69) is 25.9 Å². The van der Waals surface area contributed by atoms with Crippen molar-refractivity contribution >= 4 is 0 Å². The molecule has 96 valence electrons.